The Morgan fingerprint density at radius 1 is 1.60 bits per heavy atom. The lowest BCUT2D eigenvalue weighted by Crippen LogP contribution is -2.26. The zero-order chi connectivity index (χ0) is 8.36. The molecular weight excluding hydrogens is 130 g/mol. The molecule has 0 aromatic carbocycles. The average molecular weight is 141 g/mol. The Hall–Kier alpha value is -1.04. The van der Waals surface area contributed by atoms with E-state index >= 15 is 0 Å². The Labute approximate surface area is 60.3 Å². The van der Waals surface area contributed by atoms with Gasteiger partial charge in [-0.15, -0.1) is 0 Å². The van der Waals surface area contributed by atoms with Gasteiger partial charge in [0.25, 0.3) is 0 Å². The number of nitriles is 1. The third-order valence-corrected chi connectivity index (χ3v) is 1.24. The molecule has 1 atom stereocenters. The summed E-state index contributed by atoms with van der Waals surface area (Å²) in [4.78, 5) is 10.4. The molecule has 0 saturated heterocycles. The van der Waals surface area contributed by atoms with Crippen molar-refractivity contribution in [1.82, 2.24) is 0 Å². The molecule has 0 spiro atoms. The zero-order valence-electron chi connectivity index (χ0n) is 6.38. The topological polar surface area (TPSA) is 61.1 Å². The molecule has 3 nitrogen and oxygen atoms in total. The van der Waals surface area contributed by atoms with Crippen LogP contribution in [-0.2, 0) is 4.79 Å². The van der Waals surface area contributed by atoms with Crippen molar-refractivity contribution in [3.8, 4) is 6.07 Å². The molecule has 0 radical (unpaired) electrons. The fourth-order valence-corrected chi connectivity index (χ4v) is 0.619. The van der Waals surface area contributed by atoms with Crippen molar-refractivity contribution in [3.63, 3.8) is 0 Å². The Morgan fingerprint density at radius 2 is 2.00 bits per heavy atom. The summed E-state index contributed by atoms with van der Waals surface area (Å²) < 4.78 is 0. The van der Waals surface area contributed by atoms with E-state index in [4.69, 9.17) is 10.4 Å². The zero-order valence-corrected chi connectivity index (χ0v) is 6.38. The second kappa shape index (κ2) is 2.70. The van der Waals surface area contributed by atoms with Crippen LogP contribution in [0.1, 0.15) is 20.8 Å². The molecule has 0 aromatic heterocycles. The van der Waals surface area contributed by atoms with E-state index in [2.05, 4.69) is 0 Å². The van der Waals surface area contributed by atoms with Gasteiger partial charge in [0, 0.05) is 0 Å². The Bertz CT molecular complexity index is 173. The summed E-state index contributed by atoms with van der Waals surface area (Å²) in [6.45, 7) is 5.19. The average Bonchev–Trinajstić information content (AvgIpc) is 1.60. The summed E-state index contributed by atoms with van der Waals surface area (Å²) in [5, 5.41) is 16.9. The van der Waals surface area contributed by atoms with Gasteiger partial charge in [-0.1, -0.05) is 20.8 Å². The minimum absolute atomic E-state index is 0.472. The Kier molecular flexibility index (Phi) is 2.42. The molecule has 10 heavy (non-hydrogen) atoms. The molecule has 0 rings (SSSR count). The van der Waals surface area contributed by atoms with E-state index in [1.807, 2.05) is 0 Å². The number of hydrogen-bond acceptors (Lipinski definition) is 2. The number of carboxylic acids is 1. The Balaban J connectivity index is 4.42. The van der Waals surface area contributed by atoms with Crippen LogP contribution in [0.25, 0.3) is 0 Å². The molecule has 3 heteroatoms. The molecule has 0 amide bonds. The van der Waals surface area contributed by atoms with Gasteiger partial charge in [0.15, 0.2) is 0 Å². The van der Waals surface area contributed by atoms with Crippen molar-refractivity contribution in [2.24, 2.45) is 11.3 Å². The minimum atomic E-state index is -1.05. The minimum Gasteiger partial charge on any atom is -0.480 e. The van der Waals surface area contributed by atoms with Crippen molar-refractivity contribution in [1.29, 1.82) is 5.26 Å². The number of carbonyl (C=O) groups is 1. The van der Waals surface area contributed by atoms with Gasteiger partial charge < -0.3 is 5.11 Å². The number of rotatable bonds is 1. The van der Waals surface area contributed by atoms with E-state index in [0.29, 0.717) is 0 Å². The number of carboxylic acid groups (broad SMARTS) is 1. The lowest BCUT2D eigenvalue weighted by molar-refractivity contribution is -0.142. The summed E-state index contributed by atoms with van der Waals surface area (Å²) in [5.74, 6) is -1.96. The maximum Gasteiger partial charge on any atom is 0.321 e. The highest BCUT2D eigenvalue weighted by atomic mass is 16.4. The largest absolute Gasteiger partial charge is 0.480 e. The van der Waals surface area contributed by atoms with Crippen molar-refractivity contribution in [3.05, 3.63) is 0 Å². The normalized spacial score (nSPS) is 13.8. The summed E-state index contributed by atoms with van der Waals surface area (Å²) in [6, 6.07) is 1.74. The van der Waals surface area contributed by atoms with Crippen LogP contribution in [0.3, 0.4) is 0 Å². The molecule has 0 aromatic rings. The second-order valence-corrected chi connectivity index (χ2v) is 3.27. The van der Waals surface area contributed by atoms with Crippen LogP contribution in [0.5, 0.6) is 0 Å². The first-order valence-electron chi connectivity index (χ1n) is 3.02. The van der Waals surface area contributed by atoms with Gasteiger partial charge in [0.05, 0.1) is 6.07 Å². The van der Waals surface area contributed by atoms with Gasteiger partial charge in [-0.25, -0.2) is 0 Å². The highest BCUT2D eigenvalue weighted by Crippen LogP contribution is 2.24. The van der Waals surface area contributed by atoms with Crippen LogP contribution in [0.15, 0.2) is 0 Å². The highest BCUT2D eigenvalue weighted by Gasteiger charge is 2.30. The maximum absolute atomic E-state index is 10.4. The van der Waals surface area contributed by atoms with Crippen LogP contribution in [0, 0.1) is 22.7 Å². The molecule has 1 N–H and O–H groups in total. The first-order valence-corrected chi connectivity index (χ1v) is 3.02. The van der Waals surface area contributed by atoms with Crippen LogP contribution in [-0.4, -0.2) is 11.1 Å². The monoisotopic (exact) mass is 141 g/mol. The van der Waals surface area contributed by atoms with Crippen molar-refractivity contribution in [2.75, 3.05) is 0 Å². The van der Waals surface area contributed by atoms with E-state index in [0.717, 1.165) is 0 Å². The van der Waals surface area contributed by atoms with Crippen molar-refractivity contribution >= 4 is 5.97 Å². The third-order valence-electron chi connectivity index (χ3n) is 1.24. The quantitative estimate of drug-likeness (QED) is 0.597. The molecule has 0 aliphatic carbocycles. The van der Waals surface area contributed by atoms with Crippen molar-refractivity contribution < 1.29 is 9.90 Å². The first kappa shape index (κ1) is 8.96. The molecule has 0 fully saturated rings. The predicted molar refractivity (Wildman–Crippen MR) is 36.2 cm³/mol. The van der Waals surface area contributed by atoms with Gasteiger partial charge in [-0.05, 0) is 5.41 Å². The lowest BCUT2D eigenvalue weighted by atomic mass is 9.82. The Morgan fingerprint density at radius 3 is 2.00 bits per heavy atom. The molecular formula is C7H11NO2. The molecule has 56 valence electrons. The van der Waals surface area contributed by atoms with Crippen molar-refractivity contribution in [2.45, 2.75) is 20.8 Å². The first-order chi connectivity index (χ1) is 4.39. The van der Waals surface area contributed by atoms with E-state index in [9.17, 15) is 4.79 Å². The smallest absolute Gasteiger partial charge is 0.321 e. The maximum atomic E-state index is 10.4. The molecule has 1 unspecified atom stereocenters. The van der Waals surface area contributed by atoms with E-state index < -0.39 is 17.3 Å². The SMILES string of the molecule is CC(C)(C)C(C#N)C(=O)O. The van der Waals surface area contributed by atoms with Crippen LogP contribution in [0.4, 0.5) is 0 Å². The summed E-state index contributed by atoms with van der Waals surface area (Å²) in [5.41, 5.74) is -0.472. The third kappa shape index (κ3) is 2.06. The standard InChI is InChI=1S/C7H11NO2/c1-7(2,3)5(4-8)6(9)10/h5H,1-3H3,(H,9,10). The molecule has 0 aliphatic heterocycles. The number of hydrogen-bond donors (Lipinski definition) is 1. The van der Waals surface area contributed by atoms with Gasteiger partial charge >= 0.3 is 5.97 Å². The van der Waals surface area contributed by atoms with Gasteiger partial charge in [-0.2, -0.15) is 5.26 Å². The summed E-state index contributed by atoms with van der Waals surface area (Å²) in [6.07, 6.45) is 0. The number of aliphatic carboxylic acids is 1. The molecule has 0 saturated carbocycles. The molecule has 0 bridgehead atoms. The van der Waals surface area contributed by atoms with E-state index in [1.54, 1.807) is 26.8 Å². The highest BCUT2D eigenvalue weighted by molar-refractivity contribution is 5.73. The van der Waals surface area contributed by atoms with E-state index in [1.165, 1.54) is 0 Å². The fraction of sp³-hybridized carbons (Fsp3) is 0.714. The van der Waals surface area contributed by atoms with Gasteiger partial charge in [-0.3, -0.25) is 4.79 Å². The molecule has 0 aliphatic rings. The van der Waals surface area contributed by atoms with E-state index in [-0.39, 0.29) is 0 Å². The van der Waals surface area contributed by atoms with Gasteiger partial charge in [0.1, 0.15) is 5.92 Å². The second-order valence-electron chi connectivity index (χ2n) is 3.27. The lowest BCUT2D eigenvalue weighted by Gasteiger charge is -2.20. The van der Waals surface area contributed by atoms with Crippen LogP contribution < -0.4 is 0 Å². The van der Waals surface area contributed by atoms with Gasteiger partial charge in [0.2, 0.25) is 0 Å². The van der Waals surface area contributed by atoms with Crippen LogP contribution in [0.2, 0.25) is 0 Å². The fourth-order valence-electron chi connectivity index (χ4n) is 0.619. The number of nitrogens with zero attached hydrogens (tertiary/aromatic N) is 1. The predicted octanol–water partition coefficient (Wildman–Crippen LogP) is 1.26. The summed E-state index contributed by atoms with van der Waals surface area (Å²) >= 11 is 0. The summed E-state index contributed by atoms with van der Waals surface area (Å²) in [7, 11) is 0. The molecule has 0 heterocycles. The van der Waals surface area contributed by atoms with Crippen LogP contribution >= 0.6 is 0 Å².